The zero-order valence-corrected chi connectivity index (χ0v) is 42.0. The standard InChI is InChI=1S/C49H78O19P2/c1-3-5-7-8-9-10-11-12-13-14-15-16-17-18-19-24-28-34-43(54)66-39(37-65-70(62,63)68-49-46(57)44(55)45(56)48(47(49)58)67-69(59,60)61)36-64-42(53)35-29-33-41(52)40(51)32-27-23-21-20-22-26-31-38(50)30-25-6-4-2/h5-7,9-10,12-13,15-16,20-23,25-27,31-32,38-41,44-52,55-58H,3-4,8,11,14,17-19,24,28-30,33-37H2,1-2H3,(H,62,63)(H2,59,60,61)/b7-5-,10-9-,13-12-,16-15-,22-20+,23-21-,25-6-,31-26+,32-27-/t38-,39-,40+,41+,44?,45?,46?,47?,48-,49+/m1/s1. The van der Waals surface area contributed by atoms with Gasteiger partial charge in [-0.3, -0.25) is 23.2 Å². The molecular formula is C49H78O19P2. The first kappa shape index (κ1) is 64.6. The van der Waals surface area contributed by atoms with Gasteiger partial charge in [-0.1, -0.05) is 136 Å². The highest BCUT2D eigenvalue weighted by Crippen LogP contribution is 2.49. The van der Waals surface area contributed by atoms with Gasteiger partial charge in [0.1, 0.15) is 43.2 Å². The number of allylic oxidation sites excluding steroid dienone is 15. The summed E-state index contributed by atoms with van der Waals surface area (Å²) in [5.41, 5.74) is 0. The van der Waals surface area contributed by atoms with Crippen LogP contribution >= 0.6 is 15.6 Å². The lowest BCUT2D eigenvalue weighted by Gasteiger charge is -2.43. The van der Waals surface area contributed by atoms with E-state index in [0.29, 0.717) is 19.3 Å². The molecule has 19 nitrogen and oxygen atoms in total. The van der Waals surface area contributed by atoms with E-state index in [1.807, 2.05) is 19.1 Å². The molecule has 5 unspecified atom stereocenters. The SMILES string of the molecule is CC/C=C\C/C=C\C/C=C\C/C=C\CCCCCCC(=O)O[C@H](COC(=O)CCC[C@H](O)[C@@H](O)\C=C/C=C\C=C\C=C\[C@H](O)C/C=C\CC)COP(=O)(O)O[C@H]1C(O)C(O)C(O)[C@@H](OP(=O)(O)O)C1O. The van der Waals surface area contributed by atoms with Gasteiger partial charge in [-0.05, 0) is 70.6 Å². The minimum Gasteiger partial charge on any atom is -0.462 e. The van der Waals surface area contributed by atoms with Crippen LogP contribution in [-0.2, 0) is 41.8 Å². The van der Waals surface area contributed by atoms with E-state index in [4.69, 9.17) is 18.5 Å². The first-order valence-corrected chi connectivity index (χ1v) is 26.8. The Morgan fingerprint density at radius 1 is 0.571 bits per heavy atom. The van der Waals surface area contributed by atoms with Crippen molar-refractivity contribution in [1.82, 2.24) is 0 Å². The molecule has 1 fully saturated rings. The number of phosphoric ester groups is 2. The van der Waals surface area contributed by atoms with Gasteiger partial charge in [0.2, 0.25) is 0 Å². The van der Waals surface area contributed by atoms with E-state index in [0.717, 1.165) is 51.4 Å². The van der Waals surface area contributed by atoms with Gasteiger partial charge in [-0.25, -0.2) is 9.13 Å². The Kier molecular flexibility index (Phi) is 35.2. The van der Waals surface area contributed by atoms with Crippen LogP contribution in [-0.4, -0.2) is 137 Å². The van der Waals surface area contributed by atoms with Crippen molar-refractivity contribution in [2.24, 2.45) is 0 Å². The molecule has 0 saturated heterocycles. The lowest BCUT2D eigenvalue weighted by atomic mass is 9.85. The van der Waals surface area contributed by atoms with Crippen LogP contribution in [0.2, 0.25) is 0 Å². The van der Waals surface area contributed by atoms with Crippen molar-refractivity contribution in [1.29, 1.82) is 0 Å². The second kappa shape index (κ2) is 38.2. The Morgan fingerprint density at radius 2 is 1.10 bits per heavy atom. The van der Waals surface area contributed by atoms with Gasteiger partial charge in [0.15, 0.2) is 6.10 Å². The fraction of sp³-hybridized carbons (Fsp3) is 0.592. The van der Waals surface area contributed by atoms with Gasteiger partial charge in [-0.15, -0.1) is 0 Å². The molecule has 1 aliphatic rings. The molecule has 1 saturated carbocycles. The molecule has 1 rings (SSSR count). The van der Waals surface area contributed by atoms with Gasteiger partial charge >= 0.3 is 27.6 Å². The molecule has 0 aliphatic heterocycles. The number of aliphatic hydroxyl groups excluding tert-OH is 7. The van der Waals surface area contributed by atoms with Crippen molar-refractivity contribution >= 4 is 27.6 Å². The Hall–Kier alpha value is -3.46. The fourth-order valence-electron chi connectivity index (χ4n) is 6.42. The molecule has 0 amide bonds. The third kappa shape index (κ3) is 31.8. The summed E-state index contributed by atoms with van der Waals surface area (Å²) in [5.74, 6) is -1.58. The maximum absolute atomic E-state index is 13.0. The van der Waals surface area contributed by atoms with Gasteiger partial charge in [0, 0.05) is 12.8 Å². The zero-order valence-electron chi connectivity index (χ0n) is 40.2. The quantitative estimate of drug-likeness (QED) is 0.0115. The Morgan fingerprint density at radius 3 is 1.71 bits per heavy atom. The number of carbonyl (C=O) groups is 2. The first-order chi connectivity index (χ1) is 33.3. The summed E-state index contributed by atoms with van der Waals surface area (Å²) in [5, 5.41) is 71.8. The first-order valence-electron chi connectivity index (χ1n) is 23.8. The number of phosphoric acid groups is 2. The number of hydrogen-bond acceptors (Lipinski definition) is 16. The minimum absolute atomic E-state index is 0.00849. The van der Waals surface area contributed by atoms with Crippen molar-refractivity contribution in [3.8, 4) is 0 Å². The van der Waals surface area contributed by atoms with Crippen LogP contribution in [0.25, 0.3) is 0 Å². The second-order valence-electron chi connectivity index (χ2n) is 16.3. The number of rotatable bonds is 37. The van der Waals surface area contributed by atoms with E-state index in [-0.39, 0.29) is 25.7 Å². The lowest BCUT2D eigenvalue weighted by Crippen LogP contribution is -2.64. The molecule has 0 bridgehead atoms. The van der Waals surface area contributed by atoms with Crippen molar-refractivity contribution in [2.75, 3.05) is 13.2 Å². The van der Waals surface area contributed by atoms with Gasteiger partial charge in [0.25, 0.3) is 0 Å². The third-order valence-corrected chi connectivity index (χ3v) is 11.7. The van der Waals surface area contributed by atoms with Crippen LogP contribution in [0.3, 0.4) is 0 Å². The number of ether oxygens (including phenoxy) is 2. The number of esters is 2. The predicted molar refractivity (Wildman–Crippen MR) is 263 cm³/mol. The summed E-state index contributed by atoms with van der Waals surface area (Å²) in [6.45, 7) is 2.47. The zero-order chi connectivity index (χ0) is 52.2. The molecule has 0 aromatic heterocycles. The van der Waals surface area contributed by atoms with Crippen molar-refractivity contribution in [3.05, 3.63) is 109 Å². The van der Waals surface area contributed by atoms with Crippen LogP contribution in [0.5, 0.6) is 0 Å². The molecule has 0 heterocycles. The number of hydrogen-bond donors (Lipinski definition) is 10. The lowest BCUT2D eigenvalue weighted by molar-refractivity contribution is -0.216. The Balaban J connectivity index is 2.76. The summed E-state index contributed by atoms with van der Waals surface area (Å²) in [4.78, 5) is 54.4. The third-order valence-electron chi connectivity index (χ3n) is 10.2. The average Bonchev–Trinajstić information content (AvgIpc) is 3.31. The highest BCUT2D eigenvalue weighted by molar-refractivity contribution is 7.47. The molecule has 0 aromatic rings. The van der Waals surface area contributed by atoms with Crippen molar-refractivity contribution in [2.45, 2.75) is 171 Å². The second-order valence-corrected chi connectivity index (χ2v) is 18.9. The highest BCUT2D eigenvalue weighted by Gasteiger charge is 2.54. The monoisotopic (exact) mass is 1030 g/mol. The van der Waals surface area contributed by atoms with E-state index < -0.39 is 102 Å². The highest BCUT2D eigenvalue weighted by atomic mass is 31.2. The van der Waals surface area contributed by atoms with Gasteiger partial charge in [-0.2, -0.15) is 0 Å². The van der Waals surface area contributed by atoms with Crippen LogP contribution in [0.15, 0.2) is 109 Å². The smallest absolute Gasteiger partial charge is 0.462 e. The number of aliphatic hydroxyl groups is 7. The number of unbranched alkanes of at least 4 members (excludes halogenated alkanes) is 4. The van der Waals surface area contributed by atoms with Crippen LogP contribution in [0.4, 0.5) is 0 Å². The normalized spacial score (nSPS) is 23.3. The molecule has 0 aromatic carbocycles. The predicted octanol–water partition coefficient (Wildman–Crippen LogP) is 5.86. The average molecular weight is 1030 g/mol. The van der Waals surface area contributed by atoms with Gasteiger partial charge < -0.3 is 59.9 Å². The molecule has 398 valence electrons. The van der Waals surface area contributed by atoms with E-state index in [9.17, 15) is 69.1 Å². The molecule has 0 radical (unpaired) electrons. The molecule has 1 aliphatic carbocycles. The minimum atomic E-state index is -5.41. The summed E-state index contributed by atoms with van der Waals surface area (Å²) in [6.07, 6.45) is 23.9. The maximum Gasteiger partial charge on any atom is 0.472 e. The van der Waals surface area contributed by atoms with E-state index >= 15 is 0 Å². The van der Waals surface area contributed by atoms with Crippen LogP contribution in [0.1, 0.15) is 110 Å². The molecular weight excluding hydrogens is 954 g/mol. The Labute approximate surface area is 412 Å². The summed E-state index contributed by atoms with van der Waals surface area (Å²) in [6, 6.07) is 0. The molecule has 21 heteroatoms. The van der Waals surface area contributed by atoms with Crippen molar-refractivity contribution < 1.29 is 92.2 Å². The molecule has 10 N–H and O–H groups in total. The fourth-order valence-corrected chi connectivity index (χ4v) is 7.95. The Bertz CT molecular complexity index is 1820. The summed E-state index contributed by atoms with van der Waals surface area (Å²) >= 11 is 0. The van der Waals surface area contributed by atoms with E-state index in [1.54, 1.807) is 36.5 Å². The van der Waals surface area contributed by atoms with Crippen molar-refractivity contribution in [3.63, 3.8) is 0 Å². The van der Waals surface area contributed by atoms with Gasteiger partial charge in [0.05, 0.1) is 24.9 Å². The maximum atomic E-state index is 13.0. The summed E-state index contributed by atoms with van der Waals surface area (Å²) < 4.78 is 49.1. The van der Waals surface area contributed by atoms with E-state index in [2.05, 4.69) is 60.1 Å². The molecule has 11 atom stereocenters. The van der Waals surface area contributed by atoms with Crippen LogP contribution in [0, 0.1) is 0 Å². The topological polar surface area (TPSA) is 317 Å². The largest absolute Gasteiger partial charge is 0.472 e. The van der Waals surface area contributed by atoms with E-state index in [1.165, 1.54) is 12.2 Å². The number of carbonyl (C=O) groups excluding carboxylic acids is 2. The van der Waals surface area contributed by atoms with Crippen LogP contribution < -0.4 is 0 Å². The molecule has 0 spiro atoms. The molecule has 70 heavy (non-hydrogen) atoms. The summed E-state index contributed by atoms with van der Waals surface area (Å²) in [7, 11) is -10.8.